The summed E-state index contributed by atoms with van der Waals surface area (Å²) in [6.45, 7) is 1.01. The van der Waals surface area contributed by atoms with Crippen molar-refractivity contribution in [1.82, 2.24) is 9.88 Å². The highest BCUT2D eigenvalue weighted by Crippen LogP contribution is 2.32. The topological polar surface area (TPSA) is 56.3 Å². The first-order chi connectivity index (χ1) is 12.7. The first-order valence-electron chi connectivity index (χ1n) is 9.26. The Hall–Kier alpha value is -2.59. The number of nitrogens with zero attached hydrogens (tertiary/aromatic N) is 1. The Morgan fingerprint density at radius 3 is 2.73 bits per heavy atom. The Bertz CT molecular complexity index is 903. The maximum absolute atomic E-state index is 12.6. The summed E-state index contributed by atoms with van der Waals surface area (Å²) in [6, 6.07) is 17.9. The minimum atomic E-state index is -0.909. The minimum absolute atomic E-state index is 0.136. The van der Waals surface area contributed by atoms with E-state index >= 15 is 0 Å². The molecule has 1 aromatic heterocycles. The maximum atomic E-state index is 12.6. The molecule has 1 saturated heterocycles. The molecule has 26 heavy (non-hydrogen) atoms. The third kappa shape index (κ3) is 3.25. The number of aliphatic hydroxyl groups is 1. The van der Waals surface area contributed by atoms with Crippen molar-refractivity contribution < 1.29 is 9.90 Å². The number of hydrogen-bond acceptors (Lipinski definition) is 2. The molecule has 134 valence electrons. The molecule has 0 bridgehead atoms. The Kier molecular flexibility index (Phi) is 4.51. The van der Waals surface area contributed by atoms with Crippen molar-refractivity contribution in [2.75, 3.05) is 13.1 Å². The standard InChI is InChI=1S/C22H24N2O2/c25-21(12-6-7-17-15-23-20-11-5-4-10-19(17)20)24-14-13-22(26,16-24)18-8-2-1-3-9-18/h1-5,8-11,15,23,26H,6-7,12-14,16H2. The summed E-state index contributed by atoms with van der Waals surface area (Å²) in [5.41, 5.74) is 2.39. The number of H-pyrrole nitrogens is 1. The van der Waals surface area contributed by atoms with Crippen LogP contribution in [0.3, 0.4) is 0 Å². The quantitative estimate of drug-likeness (QED) is 0.740. The van der Waals surface area contributed by atoms with E-state index in [-0.39, 0.29) is 5.91 Å². The van der Waals surface area contributed by atoms with Crippen LogP contribution < -0.4 is 0 Å². The van der Waals surface area contributed by atoms with Gasteiger partial charge in [-0.1, -0.05) is 48.5 Å². The van der Waals surface area contributed by atoms with E-state index in [2.05, 4.69) is 17.1 Å². The second-order valence-corrected chi connectivity index (χ2v) is 7.18. The molecule has 1 atom stereocenters. The van der Waals surface area contributed by atoms with Crippen molar-refractivity contribution in [2.45, 2.75) is 31.3 Å². The number of aromatic nitrogens is 1. The Morgan fingerprint density at radius 2 is 1.88 bits per heavy atom. The van der Waals surface area contributed by atoms with Gasteiger partial charge in [-0.15, -0.1) is 0 Å². The average Bonchev–Trinajstić information content (AvgIpc) is 3.28. The van der Waals surface area contributed by atoms with Crippen LogP contribution in [0, 0.1) is 0 Å². The number of para-hydroxylation sites is 1. The van der Waals surface area contributed by atoms with Crippen LogP contribution in [0.4, 0.5) is 0 Å². The predicted molar refractivity (Wildman–Crippen MR) is 103 cm³/mol. The molecular formula is C22H24N2O2. The molecule has 4 nitrogen and oxygen atoms in total. The summed E-state index contributed by atoms with van der Waals surface area (Å²) in [7, 11) is 0. The molecule has 0 spiro atoms. The van der Waals surface area contributed by atoms with Crippen LogP contribution in [0.5, 0.6) is 0 Å². The lowest BCUT2D eigenvalue weighted by molar-refractivity contribution is -0.131. The number of carbonyl (C=O) groups is 1. The highest BCUT2D eigenvalue weighted by molar-refractivity contribution is 5.83. The van der Waals surface area contributed by atoms with Gasteiger partial charge in [-0.3, -0.25) is 4.79 Å². The highest BCUT2D eigenvalue weighted by atomic mass is 16.3. The molecule has 0 radical (unpaired) electrons. The van der Waals surface area contributed by atoms with Gasteiger partial charge in [0.1, 0.15) is 5.60 Å². The SMILES string of the molecule is O=C(CCCc1c[nH]c2ccccc12)N1CCC(O)(c2ccccc2)C1. The van der Waals surface area contributed by atoms with Gasteiger partial charge >= 0.3 is 0 Å². The highest BCUT2D eigenvalue weighted by Gasteiger charge is 2.39. The normalized spacial score (nSPS) is 20.0. The van der Waals surface area contributed by atoms with Crippen LogP contribution in [-0.4, -0.2) is 34.0 Å². The van der Waals surface area contributed by atoms with E-state index in [9.17, 15) is 9.90 Å². The van der Waals surface area contributed by atoms with Crippen LogP contribution in [-0.2, 0) is 16.8 Å². The summed E-state index contributed by atoms with van der Waals surface area (Å²) in [5.74, 6) is 0.136. The summed E-state index contributed by atoms with van der Waals surface area (Å²) in [6.07, 6.45) is 4.86. The Balaban J connectivity index is 1.33. The van der Waals surface area contributed by atoms with Gasteiger partial charge in [-0.25, -0.2) is 0 Å². The summed E-state index contributed by atoms with van der Waals surface area (Å²) in [4.78, 5) is 17.7. The zero-order chi connectivity index (χ0) is 18.0. The van der Waals surface area contributed by atoms with Crippen LogP contribution >= 0.6 is 0 Å². The zero-order valence-electron chi connectivity index (χ0n) is 14.8. The number of benzene rings is 2. The monoisotopic (exact) mass is 348 g/mol. The number of aromatic amines is 1. The first kappa shape index (κ1) is 16.9. The van der Waals surface area contributed by atoms with Gasteiger partial charge in [0.25, 0.3) is 0 Å². The molecule has 0 saturated carbocycles. The number of rotatable bonds is 5. The van der Waals surface area contributed by atoms with Gasteiger partial charge in [0, 0.05) is 30.1 Å². The van der Waals surface area contributed by atoms with E-state index < -0.39 is 5.60 Å². The molecule has 1 aliphatic heterocycles. The lowest BCUT2D eigenvalue weighted by Gasteiger charge is -2.24. The van der Waals surface area contributed by atoms with E-state index in [0.29, 0.717) is 25.9 Å². The zero-order valence-corrected chi connectivity index (χ0v) is 14.8. The number of nitrogens with one attached hydrogen (secondary N) is 1. The van der Waals surface area contributed by atoms with Gasteiger partial charge in [-0.05, 0) is 36.5 Å². The fourth-order valence-electron chi connectivity index (χ4n) is 3.92. The molecule has 3 aromatic rings. The van der Waals surface area contributed by atoms with Crippen LogP contribution in [0.1, 0.15) is 30.4 Å². The largest absolute Gasteiger partial charge is 0.383 e. The molecule has 4 heteroatoms. The van der Waals surface area contributed by atoms with Gasteiger partial charge in [0.05, 0.1) is 6.54 Å². The molecule has 1 amide bonds. The number of aryl methyl sites for hydroxylation is 1. The summed E-state index contributed by atoms with van der Waals surface area (Å²) >= 11 is 0. The number of fused-ring (bicyclic) bond motifs is 1. The Morgan fingerprint density at radius 1 is 1.12 bits per heavy atom. The maximum Gasteiger partial charge on any atom is 0.222 e. The molecule has 2 N–H and O–H groups in total. The van der Waals surface area contributed by atoms with E-state index in [0.717, 1.165) is 23.9 Å². The fraction of sp³-hybridized carbons (Fsp3) is 0.318. The second-order valence-electron chi connectivity index (χ2n) is 7.18. The third-order valence-corrected chi connectivity index (χ3v) is 5.42. The van der Waals surface area contributed by atoms with Crippen LogP contribution in [0.25, 0.3) is 10.9 Å². The predicted octanol–water partition coefficient (Wildman–Crippen LogP) is 3.61. The van der Waals surface area contributed by atoms with E-state index in [4.69, 9.17) is 0 Å². The number of β-amino-alcohol motifs (C(OH)–C–C–N with tert-alkyl or cyclic N) is 1. The van der Waals surface area contributed by atoms with Crippen molar-refractivity contribution >= 4 is 16.8 Å². The van der Waals surface area contributed by atoms with Crippen molar-refractivity contribution in [3.05, 3.63) is 71.9 Å². The molecule has 2 aromatic carbocycles. The Labute approximate surface area is 153 Å². The smallest absolute Gasteiger partial charge is 0.222 e. The fourth-order valence-corrected chi connectivity index (χ4v) is 3.92. The van der Waals surface area contributed by atoms with Crippen LogP contribution in [0.2, 0.25) is 0 Å². The lowest BCUT2D eigenvalue weighted by atomic mass is 9.93. The second kappa shape index (κ2) is 6.96. The number of likely N-dealkylation sites (tertiary alicyclic amines) is 1. The molecule has 1 unspecified atom stereocenters. The van der Waals surface area contributed by atoms with E-state index in [1.54, 1.807) is 0 Å². The van der Waals surface area contributed by atoms with Gasteiger partial charge in [0.15, 0.2) is 0 Å². The molecule has 1 fully saturated rings. The molecule has 0 aliphatic carbocycles. The first-order valence-corrected chi connectivity index (χ1v) is 9.26. The van der Waals surface area contributed by atoms with Crippen LogP contribution in [0.15, 0.2) is 60.8 Å². The third-order valence-electron chi connectivity index (χ3n) is 5.42. The van der Waals surface area contributed by atoms with E-state index in [1.165, 1.54) is 10.9 Å². The van der Waals surface area contributed by atoms with Gasteiger partial charge in [0.2, 0.25) is 5.91 Å². The summed E-state index contributed by atoms with van der Waals surface area (Å²) in [5, 5.41) is 12.1. The van der Waals surface area contributed by atoms with Gasteiger partial charge in [-0.2, -0.15) is 0 Å². The number of amides is 1. The molecule has 4 rings (SSSR count). The van der Waals surface area contributed by atoms with Crippen molar-refractivity contribution in [2.24, 2.45) is 0 Å². The lowest BCUT2D eigenvalue weighted by Crippen LogP contribution is -2.34. The number of carbonyl (C=O) groups excluding carboxylic acids is 1. The van der Waals surface area contributed by atoms with E-state index in [1.807, 2.05) is 53.6 Å². The molecule has 1 aliphatic rings. The summed E-state index contributed by atoms with van der Waals surface area (Å²) < 4.78 is 0. The van der Waals surface area contributed by atoms with Crippen molar-refractivity contribution in [3.63, 3.8) is 0 Å². The van der Waals surface area contributed by atoms with Gasteiger partial charge < -0.3 is 15.0 Å². The molecular weight excluding hydrogens is 324 g/mol. The minimum Gasteiger partial charge on any atom is -0.383 e. The average molecular weight is 348 g/mol. The number of hydrogen-bond donors (Lipinski definition) is 2. The van der Waals surface area contributed by atoms with Crippen molar-refractivity contribution in [3.8, 4) is 0 Å². The van der Waals surface area contributed by atoms with Crippen molar-refractivity contribution in [1.29, 1.82) is 0 Å². The molecule has 2 heterocycles.